The van der Waals surface area contributed by atoms with Gasteiger partial charge in [0.1, 0.15) is 17.3 Å². The van der Waals surface area contributed by atoms with E-state index in [1.807, 2.05) is 17.9 Å². The summed E-state index contributed by atoms with van der Waals surface area (Å²) in [6.45, 7) is 16.6. The number of hydrogen-bond donors (Lipinski definition) is 0. The van der Waals surface area contributed by atoms with Crippen molar-refractivity contribution in [1.82, 2.24) is 19.0 Å². The fourth-order valence-electron chi connectivity index (χ4n) is 5.36. The average Bonchev–Trinajstić information content (AvgIpc) is 2.85. The maximum atomic E-state index is 13.2. The van der Waals surface area contributed by atoms with Crippen molar-refractivity contribution in [2.24, 2.45) is 0 Å². The molecule has 2 heterocycles. The van der Waals surface area contributed by atoms with E-state index in [1.165, 1.54) is 18.5 Å². The summed E-state index contributed by atoms with van der Waals surface area (Å²) in [4.78, 5) is 19.9. The van der Waals surface area contributed by atoms with Crippen molar-refractivity contribution in [2.45, 2.75) is 63.9 Å². The number of nitrogens with zero attached hydrogens (tertiary/aromatic N) is 4. The summed E-state index contributed by atoms with van der Waals surface area (Å²) in [6, 6.07) is 4.08. The SMILES string of the molecule is COc1cc(C)cc(C)c1S(=O)(=O)N(C)CCOCC(=O)N1CCC(N2CCN(C(C)(C)C)CC2)CC1. The minimum absolute atomic E-state index is 0.0300. The van der Waals surface area contributed by atoms with Gasteiger partial charge in [0, 0.05) is 64.4 Å². The number of carbonyl (C=O) groups is 1. The lowest BCUT2D eigenvalue weighted by Gasteiger charge is -2.46. The molecule has 0 radical (unpaired) electrons. The van der Waals surface area contributed by atoms with Crippen LogP contribution in [-0.4, -0.2) is 118 Å². The van der Waals surface area contributed by atoms with E-state index in [4.69, 9.17) is 9.47 Å². The third-order valence-corrected chi connectivity index (χ3v) is 9.69. The normalized spacial score (nSPS) is 19.0. The molecule has 2 saturated heterocycles. The molecular formula is C27H46N4O5S. The Kier molecular flexibility index (Phi) is 10.0. The highest BCUT2D eigenvalue weighted by Crippen LogP contribution is 2.31. The van der Waals surface area contributed by atoms with Gasteiger partial charge in [0.15, 0.2) is 0 Å². The van der Waals surface area contributed by atoms with Crippen LogP contribution in [0.5, 0.6) is 5.75 Å². The lowest BCUT2D eigenvalue weighted by atomic mass is 10.0. The number of piperazine rings is 1. The van der Waals surface area contributed by atoms with Crippen molar-refractivity contribution in [3.8, 4) is 5.75 Å². The Hall–Kier alpha value is -1.72. The van der Waals surface area contributed by atoms with Crippen LogP contribution < -0.4 is 4.74 Å². The summed E-state index contributed by atoms with van der Waals surface area (Å²) >= 11 is 0. The number of sulfonamides is 1. The molecule has 37 heavy (non-hydrogen) atoms. The molecule has 2 aliphatic rings. The Morgan fingerprint density at radius 3 is 2.24 bits per heavy atom. The number of rotatable bonds is 9. The molecule has 0 aliphatic carbocycles. The molecular weight excluding hydrogens is 492 g/mol. The predicted octanol–water partition coefficient (Wildman–Crippen LogP) is 2.36. The summed E-state index contributed by atoms with van der Waals surface area (Å²) in [5.41, 5.74) is 1.79. The van der Waals surface area contributed by atoms with Crippen molar-refractivity contribution in [1.29, 1.82) is 0 Å². The Balaban J connectivity index is 1.40. The molecule has 1 aromatic rings. The fraction of sp³-hybridized carbons (Fsp3) is 0.741. The van der Waals surface area contributed by atoms with E-state index in [0.717, 1.165) is 57.7 Å². The zero-order valence-electron chi connectivity index (χ0n) is 23.7. The number of methoxy groups -OCH3 is 1. The van der Waals surface area contributed by atoms with Gasteiger partial charge in [-0.25, -0.2) is 8.42 Å². The van der Waals surface area contributed by atoms with E-state index >= 15 is 0 Å². The summed E-state index contributed by atoms with van der Waals surface area (Å²) in [5, 5.41) is 0. The van der Waals surface area contributed by atoms with Crippen LogP contribution in [0.1, 0.15) is 44.7 Å². The summed E-state index contributed by atoms with van der Waals surface area (Å²) in [5.74, 6) is 0.303. The Morgan fingerprint density at radius 1 is 1.05 bits per heavy atom. The fourth-order valence-corrected chi connectivity index (χ4v) is 6.84. The first-order valence-electron chi connectivity index (χ1n) is 13.3. The first kappa shape index (κ1) is 29.8. The number of likely N-dealkylation sites (tertiary alicyclic amines) is 1. The summed E-state index contributed by atoms with van der Waals surface area (Å²) < 4.78 is 38.5. The van der Waals surface area contributed by atoms with Gasteiger partial charge < -0.3 is 14.4 Å². The first-order valence-corrected chi connectivity index (χ1v) is 14.7. The van der Waals surface area contributed by atoms with Gasteiger partial charge in [-0.15, -0.1) is 0 Å². The molecule has 0 N–H and O–H groups in total. The van der Waals surface area contributed by atoms with Gasteiger partial charge in [0.2, 0.25) is 15.9 Å². The van der Waals surface area contributed by atoms with E-state index in [-0.39, 0.29) is 36.1 Å². The topological polar surface area (TPSA) is 82.6 Å². The van der Waals surface area contributed by atoms with Gasteiger partial charge >= 0.3 is 0 Å². The minimum Gasteiger partial charge on any atom is -0.495 e. The number of amides is 1. The predicted molar refractivity (Wildman–Crippen MR) is 146 cm³/mol. The van der Waals surface area contributed by atoms with Crippen LogP contribution in [-0.2, 0) is 19.6 Å². The number of likely N-dealkylation sites (N-methyl/N-ethyl adjacent to an activating group) is 1. The van der Waals surface area contributed by atoms with Crippen molar-refractivity contribution < 1.29 is 22.7 Å². The van der Waals surface area contributed by atoms with E-state index in [2.05, 4.69) is 30.6 Å². The third-order valence-electron chi connectivity index (χ3n) is 7.65. The van der Waals surface area contributed by atoms with E-state index < -0.39 is 10.0 Å². The van der Waals surface area contributed by atoms with Crippen molar-refractivity contribution in [3.63, 3.8) is 0 Å². The highest BCUT2D eigenvalue weighted by Gasteiger charge is 2.32. The maximum Gasteiger partial charge on any atom is 0.248 e. The van der Waals surface area contributed by atoms with Gasteiger partial charge in [0.05, 0.1) is 13.7 Å². The second-order valence-corrected chi connectivity index (χ2v) is 13.3. The average molecular weight is 539 g/mol. The van der Waals surface area contributed by atoms with Gasteiger partial charge in [-0.1, -0.05) is 6.07 Å². The minimum atomic E-state index is -3.75. The molecule has 10 heteroatoms. The van der Waals surface area contributed by atoms with Crippen LogP contribution in [0.25, 0.3) is 0 Å². The zero-order valence-corrected chi connectivity index (χ0v) is 24.6. The molecule has 0 atom stereocenters. The molecule has 0 bridgehead atoms. The molecule has 0 aromatic heterocycles. The number of benzene rings is 1. The molecule has 0 spiro atoms. The number of carbonyl (C=O) groups excluding carboxylic acids is 1. The standard InChI is InChI=1S/C27H46N4O5S/c1-21-18-22(2)26(24(19-21)35-7)37(33,34)28(6)16-17-36-20-25(32)30-10-8-23(9-11-30)29-12-14-31(15-13-29)27(3,4)5/h18-19,23H,8-17,20H2,1-7H3. The number of piperidine rings is 1. The Labute approximate surface area is 223 Å². The van der Waals surface area contributed by atoms with Crippen LogP contribution >= 0.6 is 0 Å². The van der Waals surface area contributed by atoms with Crippen LogP contribution in [0, 0.1) is 13.8 Å². The number of hydrogen-bond acceptors (Lipinski definition) is 7. The number of aryl methyl sites for hydroxylation is 2. The largest absolute Gasteiger partial charge is 0.495 e. The molecule has 0 unspecified atom stereocenters. The molecule has 9 nitrogen and oxygen atoms in total. The zero-order chi connectivity index (χ0) is 27.4. The quantitative estimate of drug-likeness (QED) is 0.447. The molecule has 3 rings (SSSR count). The lowest BCUT2D eigenvalue weighted by Crippen LogP contribution is -2.57. The Morgan fingerprint density at radius 2 is 1.68 bits per heavy atom. The van der Waals surface area contributed by atoms with Crippen LogP contribution in [0.15, 0.2) is 17.0 Å². The molecule has 210 valence electrons. The number of ether oxygens (including phenoxy) is 2. The summed E-state index contributed by atoms with van der Waals surface area (Å²) in [7, 11) is -0.765. The second-order valence-electron chi connectivity index (χ2n) is 11.3. The van der Waals surface area contributed by atoms with E-state index in [1.54, 1.807) is 13.0 Å². The van der Waals surface area contributed by atoms with Gasteiger partial charge in [-0.3, -0.25) is 14.6 Å². The monoisotopic (exact) mass is 538 g/mol. The van der Waals surface area contributed by atoms with Gasteiger partial charge in [0.25, 0.3) is 0 Å². The molecule has 0 saturated carbocycles. The van der Waals surface area contributed by atoms with Crippen molar-refractivity contribution in [3.05, 3.63) is 23.3 Å². The van der Waals surface area contributed by atoms with Crippen LogP contribution in [0.2, 0.25) is 0 Å². The first-order chi connectivity index (χ1) is 17.3. The lowest BCUT2D eigenvalue weighted by molar-refractivity contribution is -0.137. The van der Waals surface area contributed by atoms with Crippen LogP contribution in [0.3, 0.4) is 0 Å². The smallest absolute Gasteiger partial charge is 0.248 e. The molecule has 2 fully saturated rings. The van der Waals surface area contributed by atoms with Gasteiger partial charge in [-0.05, 0) is 64.7 Å². The molecule has 1 aromatic carbocycles. The second kappa shape index (κ2) is 12.4. The van der Waals surface area contributed by atoms with E-state index in [0.29, 0.717) is 17.4 Å². The maximum absolute atomic E-state index is 13.2. The highest BCUT2D eigenvalue weighted by molar-refractivity contribution is 7.89. The highest BCUT2D eigenvalue weighted by atomic mass is 32.2. The molecule has 2 aliphatic heterocycles. The van der Waals surface area contributed by atoms with Crippen LogP contribution in [0.4, 0.5) is 0 Å². The van der Waals surface area contributed by atoms with Crippen molar-refractivity contribution >= 4 is 15.9 Å². The Bertz CT molecular complexity index is 1020. The van der Waals surface area contributed by atoms with Gasteiger partial charge in [-0.2, -0.15) is 4.31 Å². The summed E-state index contributed by atoms with van der Waals surface area (Å²) in [6.07, 6.45) is 1.97. The van der Waals surface area contributed by atoms with E-state index in [9.17, 15) is 13.2 Å². The van der Waals surface area contributed by atoms with Crippen molar-refractivity contribution in [2.75, 3.05) is 73.2 Å². The third kappa shape index (κ3) is 7.44. The molecule has 1 amide bonds.